The summed E-state index contributed by atoms with van der Waals surface area (Å²) in [5.41, 5.74) is 4.35. The molecule has 1 aliphatic rings. The van der Waals surface area contributed by atoms with Crippen LogP contribution in [0.25, 0.3) is 0 Å². The number of hydrogen-bond donors (Lipinski definition) is 2. The first-order valence-corrected chi connectivity index (χ1v) is 11.7. The van der Waals surface area contributed by atoms with Crippen LogP contribution in [-0.4, -0.2) is 22.9 Å². The van der Waals surface area contributed by atoms with Gasteiger partial charge < -0.3 is 20.3 Å². The van der Waals surface area contributed by atoms with Gasteiger partial charge in [-0.1, -0.05) is 49.7 Å². The molecule has 0 aliphatic carbocycles. The Morgan fingerprint density at radius 3 is 2.35 bits per heavy atom. The van der Waals surface area contributed by atoms with Gasteiger partial charge in [0.1, 0.15) is 5.75 Å². The molecule has 0 aromatic heterocycles. The van der Waals surface area contributed by atoms with Gasteiger partial charge in [0.05, 0.1) is 0 Å². The molecule has 0 unspecified atom stereocenters. The zero-order chi connectivity index (χ0) is 24.2. The largest absolute Gasteiger partial charge is 0.481 e. The van der Waals surface area contributed by atoms with Gasteiger partial charge in [-0.05, 0) is 66.4 Å². The summed E-state index contributed by atoms with van der Waals surface area (Å²) >= 11 is 5.99. The molecule has 0 fully saturated rings. The molecule has 176 valence electrons. The van der Waals surface area contributed by atoms with Crippen molar-refractivity contribution in [1.82, 2.24) is 4.90 Å². The highest BCUT2D eigenvalue weighted by molar-refractivity contribution is 6.30. The molecule has 3 amide bonds. The highest BCUT2D eigenvalue weighted by atomic mass is 35.5. The van der Waals surface area contributed by atoms with Crippen molar-refractivity contribution in [1.29, 1.82) is 0 Å². The molecule has 3 aromatic rings. The third kappa shape index (κ3) is 5.69. The van der Waals surface area contributed by atoms with E-state index in [4.69, 9.17) is 16.3 Å². The van der Waals surface area contributed by atoms with Crippen LogP contribution in [0.2, 0.25) is 5.02 Å². The topological polar surface area (TPSA) is 70.7 Å². The van der Waals surface area contributed by atoms with Crippen molar-refractivity contribution in [2.75, 3.05) is 10.6 Å². The van der Waals surface area contributed by atoms with Gasteiger partial charge in [0, 0.05) is 35.1 Å². The first-order chi connectivity index (χ1) is 16.3. The van der Waals surface area contributed by atoms with Crippen molar-refractivity contribution in [3.8, 4) is 5.75 Å². The van der Waals surface area contributed by atoms with Crippen molar-refractivity contribution in [3.63, 3.8) is 0 Å². The molecule has 6 nitrogen and oxygen atoms in total. The molecule has 1 atom stereocenters. The summed E-state index contributed by atoms with van der Waals surface area (Å²) in [6.45, 7) is 6.81. The number of halogens is 1. The zero-order valence-corrected chi connectivity index (χ0v) is 20.2. The second-order valence-electron chi connectivity index (χ2n) is 8.76. The van der Waals surface area contributed by atoms with Crippen LogP contribution in [0.4, 0.5) is 16.2 Å². The van der Waals surface area contributed by atoms with Gasteiger partial charge in [0.25, 0.3) is 5.91 Å². The van der Waals surface area contributed by atoms with Crippen molar-refractivity contribution >= 4 is 34.9 Å². The third-order valence-electron chi connectivity index (χ3n) is 5.76. The molecular formula is C27H28ClN3O3. The highest BCUT2D eigenvalue weighted by Crippen LogP contribution is 2.29. The molecule has 0 saturated carbocycles. The van der Waals surface area contributed by atoms with Crippen LogP contribution in [0.1, 0.15) is 43.4 Å². The maximum atomic E-state index is 12.9. The van der Waals surface area contributed by atoms with E-state index < -0.39 is 6.10 Å². The molecule has 1 aliphatic heterocycles. The minimum atomic E-state index is -0.607. The number of hydrogen-bond acceptors (Lipinski definition) is 3. The number of carbonyl (C=O) groups is 2. The van der Waals surface area contributed by atoms with Gasteiger partial charge in [-0.2, -0.15) is 0 Å². The summed E-state index contributed by atoms with van der Waals surface area (Å²) in [5, 5.41) is 6.37. The summed E-state index contributed by atoms with van der Waals surface area (Å²) in [4.78, 5) is 27.2. The van der Waals surface area contributed by atoms with Crippen molar-refractivity contribution in [2.24, 2.45) is 0 Å². The van der Waals surface area contributed by atoms with Crippen LogP contribution >= 0.6 is 11.6 Å². The Balaban J connectivity index is 1.47. The summed E-state index contributed by atoms with van der Waals surface area (Å²) in [6, 6.07) is 20.3. The lowest BCUT2D eigenvalue weighted by Crippen LogP contribution is -2.37. The molecular weight excluding hydrogens is 450 g/mol. The predicted octanol–water partition coefficient (Wildman–Crippen LogP) is 6.42. The van der Waals surface area contributed by atoms with E-state index in [0.29, 0.717) is 41.2 Å². The van der Waals surface area contributed by atoms with Gasteiger partial charge in [-0.3, -0.25) is 4.79 Å². The van der Waals surface area contributed by atoms with Crippen molar-refractivity contribution in [3.05, 3.63) is 88.4 Å². The first kappa shape index (κ1) is 23.6. The van der Waals surface area contributed by atoms with Gasteiger partial charge in [0.15, 0.2) is 6.10 Å². The SMILES string of the molecule is CC(C)c1ccc(NC(=O)Nc2ccc3c(c2)CN(Cc2ccc(Cl)cc2)C(=O)[C@@H](C)O3)cc1. The molecule has 34 heavy (non-hydrogen) atoms. The number of benzene rings is 3. The average Bonchev–Trinajstić information content (AvgIpc) is 2.92. The smallest absolute Gasteiger partial charge is 0.323 e. The predicted molar refractivity (Wildman–Crippen MR) is 135 cm³/mol. The summed E-state index contributed by atoms with van der Waals surface area (Å²) in [6.07, 6.45) is -0.607. The van der Waals surface area contributed by atoms with Crippen LogP contribution in [0.5, 0.6) is 5.75 Å². The number of nitrogens with one attached hydrogen (secondary N) is 2. The highest BCUT2D eigenvalue weighted by Gasteiger charge is 2.28. The molecule has 7 heteroatoms. The quantitative estimate of drug-likeness (QED) is 0.445. The van der Waals surface area contributed by atoms with E-state index in [1.165, 1.54) is 5.56 Å². The Hall–Kier alpha value is -3.51. The molecule has 2 N–H and O–H groups in total. The third-order valence-corrected chi connectivity index (χ3v) is 6.02. The monoisotopic (exact) mass is 477 g/mol. The Morgan fingerprint density at radius 2 is 1.68 bits per heavy atom. The number of fused-ring (bicyclic) bond motifs is 1. The number of rotatable bonds is 5. The lowest BCUT2D eigenvalue weighted by molar-refractivity contribution is -0.138. The second-order valence-corrected chi connectivity index (χ2v) is 9.20. The van der Waals surface area contributed by atoms with Gasteiger partial charge in [-0.15, -0.1) is 0 Å². The van der Waals surface area contributed by atoms with E-state index in [0.717, 1.165) is 11.1 Å². The maximum absolute atomic E-state index is 12.9. The number of urea groups is 1. The minimum absolute atomic E-state index is 0.0942. The van der Waals surface area contributed by atoms with Gasteiger partial charge in [-0.25, -0.2) is 4.79 Å². The van der Waals surface area contributed by atoms with Crippen LogP contribution in [-0.2, 0) is 17.9 Å². The molecule has 1 heterocycles. The van der Waals surface area contributed by atoms with Crippen LogP contribution < -0.4 is 15.4 Å². The molecule has 0 bridgehead atoms. The molecule has 0 spiro atoms. The fourth-order valence-corrected chi connectivity index (χ4v) is 3.99. The summed E-state index contributed by atoms with van der Waals surface area (Å²) < 4.78 is 5.90. The Kier molecular flexibility index (Phi) is 7.08. The maximum Gasteiger partial charge on any atom is 0.323 e. The van der Waals surface area contributed by atoms with E-state index in [-0.39, 0.29) is 11.9 Å². The molecule has 3 aromatic carbocycles. The molecule has 4 rings (SSSR count). The number of nitrogens with zero attached hydrogens (tertiary/aromatic N) is 1. The van der Waals surface area contributed by atoms with Crippen LogP contribution in [0.15, 0.2) is 66.7 Å². The Bertz CT molecular complexity index is 1180. The summed E-state index contributed by atoms with van der Waals surface area (Å²) in [7, 11) is 0. The fraction of sp³-hybridized carbons (Fsp3) is 0.259. The number of anilines is 2. The minimum Gasteiger partial charge on any atom is -0.481 e. The van der Waals surface area contributed by atoms with Crippen LogP contribution in [0.3, 0.4) is 0 Å². The number of carbonyl (C=O) groups excluding carboxylic acids is 2. The lowest BCUT2D eigenvalue weighted by Gasteiger charge is -2.22. The van der Waals surface area contributed by atoms with E-state index in [2.05, 4.69) is 24.5 Å². The van der Waals surface area contributed by atoms with Crippen molar-refractivity contribution < 1.29 is 14.3 Å². The van der Waals surface area contributed by atoms with E-state index in [1.807, 2.05) is 54.6 Å². The standard InChI is InChI=1S/C27H28ClN3O3/c1-17(2)20-6-10-23(11-7-20)29-27(33)30-24-12-13-25-21(14-24)16-31(26(32)18(3)34-25)15-19-4-8-22(28)9-5-19/h4-14,17-18H,15-16H2,1-3H3,(H2,29,30,33)/t18-/m1/s1. The Labute approximate surface area is 204 Å². The van der Waals surface area contributed by atoms with E-state index in [1.54, 1.807) is 24.0 Å². The fourth-order valence-electron chi connectivity index (χ4n) is 3.87. The molecule has 0 saturated heterocycles. The second kappa shape index (κ2) is 10.2. The number of amides is 3. The van der Waals surface area contributed by atoms with Crippen molar-refractivity contribution in [2.45, 2.75) is 45.9 Å². The van der Waals surface area contributed by atoms with E-state index >= 15 is 0 Å². The Morgan fingerprint density at radius 1 is 1.03 bits per heavy atom. The average molecular weight is 478 g/mol. The lowest BCUT2D eigenvalue weighted by atomic mass is 10.0. The molecule has 0 radical (unpaired) electrons. The van der Waals surface area contributed by atoms with E-state index in [9.17, 15) is 9.59 Å². The summed E-state index contributed by atoms with van der Waals surface area (Å²) in [5.74, 6) is 0.969. The number of ether oxygens (including phenoxy) is 1. The van der Waals surface area contributed by atoms with Crippen LogP contribution in [0, 0.1) is 0 Å². The normalized spacial score (nSPS) is 15.4. The first-order valence-electron chi connectivity index (χ1n) is 11.3. The zero-order valence-electron chi connectivity index (χ0n) is 19.5. The van der Waals surface area contributed by atoms with Gasteiger partial charge >= 0.3 is 6.03 Å². The van der Waals surface area contributed by atoms with Gasteiger partial charge in [0.2, 0.25) is 0 Å².